The number of unbranched alkanes of at least 4 members (excludes halogenated alkanes) is 10. The highest BCUT2D eigenvalue weighted by atomic mass is 14.5. The fourth-order valence-corrected chi connectivity index (χ4v) is 5.61. The van der Waals surface area contributed by atoms with E-state index in [1.165, 1.54) is 95.5 Å². The van der Waals surface area contributed by atoms with Gasteiger partial charge in [-0.25, -0.2) is 0 Å². The van der Waals surface area contributed by atoms with Crippen molar-refractivity contribution in [3.05, 3.63) is 35.9 Å². The zero-order valence-corrected chi connectivity index (χ0v) is 20.9. The normalized spacial score (nSPS) is 14.3. The molecule has 0 aliphatic rings. The molecule has 0 bridgehead atoms. The van der Waals surface area contributed by atoms with E-state index in [1.54, 1.807) is 0 Å². The van der Waals surface area contributed by atoms with Crippen molar-refractivity contribution in [1.82, 2.24) is 0 Å². The lowest BCUT2D eigenvalue weighted by atomic mass is 9.53. The Bertz CT molecular complexity index is 498. The van der Waals surface area contributed by atoms with Crippen molar-refractivity contribution in [3.8, 4) is 0 Å². The zero-order valence-electron chi connectivity index (χ0n) is 20.9. The largest absolute Gasteiger partial charge is 0.0654 e. The van der Waals surface area contributed by atoms with Crippen LogP contribution in [0, 0.1) is 11.3 Å². The summed E-state index contributed by atoms with van der Waals surface area (Å²) in [6.07, 6.45) is 19.7. The number of hydrogen-bond acceptors (Lipinski definition) is 0. The molecule has 1 aromatic carbocycles. The molecule has 0 saturated heterocycles. The maximum Gasteiger partial charge on any atom is -0.00447 e. The van der Waals surface area contributed by atoms with Crippen LogP contribution in [0.5, 0.6) is 0 Å². The highest BCUT2D eigenvalue weighted by Gasteiger charge is 2.46. The average molecular weight is 401 g/mol. The van der Waals surface area contributed by atoms with Gasteiger partial charge in [0.05, 0.1) is 0 Å². The quantitative estimate of drug-likeness (QED) is 0.228. The number of benzene rings is 1. The van der Waals surface area contributed by atoms with E-state index in [0.29, 0.717) is 11.3 Å². The zero-order chi connectivity index (χ0) is 21.6. The molecule has 0 aliphatic heterocycles. The van der Waals surface area contributed by atoms with Gasteiger partial charge in [-0.15, -0.1) is 0 Å². The van der Waals surface area contributed by atoms with Crippen LogP contribution in [-0.4, -0.2) is 0 Å². The SMILES string of the molecule is CCCCCCCCCCCCC(CCCC)(C(C)C)C(C)(C)c1ccccc1. The minimum atomic E-state index is 0.219. The number of rotatable bonds is 17. The molecular formula is C29H52. The van der Waals surface area contributed by atoms with Gasteiger partial charge in [0.15, 0.2) is 0 Å². The highest BCUT2D eigenvalue weighted by Crippen LogP contribution is 2.53. The Hall–Kier alpha value is -0.780. The fourth-order valence-electron chi connectivity index (χ4n) is 5.61. The van der Waals surface area contributed by atoms with E-state index in [9.17, 15) is 0 Å². The summed E-state index contributed by atoms with van der Waals surface area (Å²) in [6.45, 7) is 14.7. The van der Waals surface area contributed by atoms with Crippen molar-refractivity contribution in [1.29, 1.82) is 0 Å². The van der Waals surface area contributed by atoms with Crippen LogP contribution in [0.4, 0.5) is 0 Å². The van der Waals surface area contributed by atoms with Gasteiger partial charge in [0.2, 0.25) is 0 Å². The Morgan fingerprint density at radius 2 is 1.07 bits per heavy atom. The second kappa shape index (κ2) is 14.3. The molecule has 168 valence electrons. The Morgan fingerprint density at radius 3 is 1.55 bits per heavy atom. The van der Waals surface area contributed by atoms with Gasteiger partial charge in [0.1, 0.15) is 0 Å². The van der Waals surface area contributed by atoms with Crippen molar-refractivity contribution in [2.75, 3.05) is 0 Å². The monoisotopic (exact) mass is 400 g/mol. The van der Waals surface area contributed by atoms with Gasteiger partial charge in [-0.3, -0.25) is 0 Å². The number of hydrogen-bond donors (Lipinski definition) is 0. The molecule has 0 fully saturated rings. The molecule has 0 amide bonds. The molecule has 1 atom stereocenters. The lowest BCUT2D eigenvalue weighted by molar-refractivity contribution is 0.0481. The first-order valence-electron chi connectivity index (χ1n) is 13.0. The van der Waals surface area contributed by atoms with E-state index in [2.05, 4.69) is 71.9 Å². The molecule has 1 rings (SSSR count). The maximum atomic E-state index is 2.52. The third-order valence-corrected chi connectivity index (χ3v) is 7.80. The summed E-state index contributed by atoms with van der Waals surface area (Å²) in [6, 6.07) is 11.3. The van der Waals surface area contributed by atoms with Crippen LogP contribution in [0.15, 0.2) is 30.3 Å². The minimum absolute atomic E-state index is 0.219. The van der Waals surface area contributed by atoms with Gasteiger partial charge in [0.25, 0.3) is 0 Å². The molecule has 29 heavy (non-hydrogen) atoms. The van der Waals surface area contributed by atoms with Gasteiger partial charge in [-0.1, -0.05) is 149 Å². The Kier molecular flexibility index (Phi) is 12.9. The van der Waals surface area contributed by atoms with Gasteiger partial charge in [-0.05, 0) is 35.2 Å². The molecule has 0 saturated carbocycles. The van der Waals surface area contributed by atoms with Crippen molar-refractivity contribution in [2.45, 2.75) is 137 Å². The van der Waals surface area contributed by atoms with E-state index in [-0.39, 0.29) is 5.41 Å². The topological polar surface area (TPSA) is 0 Å². The highest BCUT2D eigenvalue weighted by molar-refractivity contribution is 5.27. The van der Waals surface area contributed by atoms with Crippen LogP contribution < -0.4 is 0 Å². The summed E-state index contributed by atoms with van der Waals surface area (Å²) in [4.78, 5) is 0. The molecule has 0 radical (unpaired) electrons. The lowest BCUT2D eigenvalue weighted by Gasteiger charge is -2.51. The molecule has 0 heteroatoms. The van der Waals surface area contributed by atoms with Gasteiger partial charge in [-0.2, -0.15) is 0 Å². The molecular weight excluding hydrogens is 348 g/mol. The molecule has 0 aromatic heterocycles. The van der Waals surface area contributed by atoms with E-state index in [4.69, 9.17) is 0 Å². The van der Waals surface area contributed by atoms with E-state index in [0.717, 1.165) is 0 Å². The Morgan fingerprint density at radius 1 is 0.621 bits per heavy atom. The summed E-state index contributed by atoms with van der Waals surface area (Å²) in [5.74, 6) is 0.711. The van der Waals surface area contributed by atoms with E-state index < -0.39 is 0 Å². The molecule has 0 aliphatic carbocycles. The predicted molar refractivity (Wildman–Crippen MR) is 133 cm³/mol. The summed E-state index contributed by atoms with van der Waals surface area (Å²) >= 11 is 0. The first-order chi connectivity index (χ1) is 13.9. The lowest BCUT2D eigenvalue weighted by Crippen LogP contribution is -2.45. The minimum Gasteiger partial charge on any atom is -0.0654 e. The maximum absolute atomic E-state index is 2.52. The Labute approximate surface area is 184 Å². The van der Waals surface area contributed by atoms with E-state index >= 15 is 0 Å². The average Bonchev–Trinajstić information content (AvgIpc) is 2.72. The van der Waals surface area contributed by atoms with Crippen molar-refractivity contribution < 1.29 is 0 Å². The summed E-state index contributed by atoms with van der Waals surface area (Å²) in [5, 5.41) is 0. The smallest absolute Gasteiger partial charge is 0.00447 e. The summed E-state index contributed by atoms with van der Waals surface area (Å²) in [7, 11) is 0. The van der Waals surface area contributed by atoms with Crippen molar-refractivity contribution in [3.63, 3.8) is 0 Å². The van der Waals surface area contributed by atoms with Crippen LogP contribution in [0.3, 0.4) is 0 Å². The Balaban J connectivity index is 2.64. The van der Waals surface area contributed by atoms with Crippen LogP contribution in [-0.2, 0) is 5.41 Å². The van der Waals surface area contributed by atoms with E-state index in [1.807, 2.05) is 0 Å². The molecule has 0 spiro atoms. The van der Waals surface area contributed by atoms with Gasteiger partial charge < -0.3 is 0 Å². The molecule has 0 nitrogen and oxygen atoms in total. The van der Waals surface area contributed by atoms with Gasteiger partial charge in [0, 0.05) is 0 Å². The van der Waals surface area contributed by atoms with Crippen LogP contribution >= 0.6 is 0 Å². The van der Waals surface area contributed by atoms with Crippen molar-refractivity contribution >= 4 is 0 Å². The second-order valence-corrected chi connectivity index (χ2v) is 10.3. The van der Waals surface area contributed by atoms with Crippen LogP contribution in [0.1, 0.15) is 137 Å². The molecule has 0 heterocycles. The summed E-state index contributed by atoms with van der Waals surface area (Å²) in [5.41, 5.74) is 2.14. The first kappa shape index (κ1) is 26.3. The fraction of sp³-hybridized carbons (Fsp3) is 0.793. The first-order valence-corrected chi connectivity index (χ1v) is 13.0. The van der Waals surface area contributed by atoms with Crippen LogP contribution in [0.2, 0.25) is 0 Å². The van der Waals surface area contributed by atoms with Gasteiger partial charge >= 0.3 is 0 Å². The molecule has 1 unspecified atom stereocenters. The third-order valence-electron chi connectivity index (χ3n) is 7.80. The predicted octanol–water partition coefficient (Wildman–Crippen LogP) is 10.1. The molecule has 0 N–H and O–H groups in total. The van der Waals surface area contributed by atoms with Crippen molar-refractivity contribution in [2.24, 2.45) is 11.3 Å². The standard InChI is InChI=1S/C29H52/c1-7-9-11-12-13-14-15-16-17-21-25-29(26(3)4,24-10-8-2)28(5,6)27-22-19-18-20-23-27/h18-20,22-23,26H,7-17,21,24-25H2,1-6H3. The molecule has 1 aromatic rings. The second-order valence-electron chi connectivity index (χ2n) is 10.3. The van der Waals surface area contributed by atoms with Crippen LogP contribution in [0.25, 0.3) is 0 Å². The summed E-state index contributed by atoms with van der Waals surface area (Å²) < 4.78 is 0. The third kappa shape index (κ3) is 8.10.